The largest absolute Gasteiger partial charge is 0.378 e. The van der Waals surface area contributed by atoms with Crippen molar-refractivity contribution in [3.63, 3.8) is 0 Å². The van der Waals surface area contributed by atoms with Gasteiger partial charge in [0.05, 0.1) is 18.1 Å². The molecule has 6 heteroatoms. The Bertz CT molecular complexity index is 664. The van der Waals surface area contributed by atoms with E-state index in [1.807, 2.05) is 11.9 Å². The van der Waals surface area contributed by atoms with E-state index in [1.165, 1.54) is 17.8 Å². The molecule has 1 saturated heterocycles. The van der Waals surface area contributed by atoms with E-state index in [9.17, 15) is 10.1 Å². The van der Waals surface area contributed by atoms with Gasteiger partial charge in [0.1, 0.15) is 0 Å². The Kier molecular flexibility index (Phi) is 4.43. The number of nitrogens with zero attached hydrogens (tertiary/aromatic N) is 3. The smallest absolute Gasteiger partial charge is 0.269 e. The highest BCUT2D eigenvalue weighted by molar-refractivity contribution is 5.66. The first-order valence-corrected chi connectivity index (χ1v) is 7.56. The summed E-state index contributed by atoms with van der Waals surface area (Å²) in [4.78, 5) is 14.6. The molecular formula is C17H19N3O3. The van der Waals surface area contributed by atoms with Crippen molar-refractivity contribution in [2.45, 2.75) is 0 Å². The molecule has 0 N–H and O–H groups in total. The van der Waals surface area contributed by atoms with Crippen LogP contribution in [0.1, 0.15) is 0 Å². The van der Waals surface area contributed by atoms with Crippen molar-refractivity contribution in [1.29, 1.82) is 0 Å². The minimum absolute atomic E-state index is 0.102. The lowest BCUT2D eigenvalue weighted by Gasteiger charge is -2.29. The monoisotopic (exact) mass is 313 g/mol. The highest BCUT2D eigenvalue weighted by atomic mass is 16.6. The molecule has 0 bridgehead atoms. The molecule has 0 atom stereocenters. The van der Waals surface area contributed by atoms with Crippen molar-refractivity contribution >= 4 is 22.7 Å². The summed E-state index contributed by atoms with van der Waals surface area (Å²) >= 11 is 0. The van der Waals surface area contributed by atoms with Crippen molar-refractivity contribution in [2.75, 3.05) is 43.2 Å². The van der Waals surface area contributed by atoms with Gasteiger partial charge in [-0.2, -0.15) is 0 Å². The zero-order chi connectivity index (χ0) is 16.2. The summed E-state index contributed by atoms with van der Waals surface area (Å²) in [5, 5.41) is 10.7. The minimum Gasteiger partial charge on any atom is -0.378 e. The fourth-order valence-corrected chi connectivity index (χ4v) is 2.66. The van der Waals surface area contributed by atoms with Crippen molar-refractivity contribution in [3.05, 3.63) is 58.6 Å². The maximum Gasteiger partial charge on any atom is 0.269 e. The summed E-state index contributed by atoms with van der Waals surface area (Å²) in [5.41, 5.74) is 3.24. The normalized spacial score (nSPS) is 14.6. The zero-order valence-corrected chi connectivity index (χ0v) is 13.0. The SMILES string of the molecule is CN(c1ccc(N2CCOCC2)cc1)c1ccc([N+](=O)[O-])cc1. The molecule has 0 saturated carbocycles. The lowest BCUT2D eigenvalue weighted by atomic mass is 10.2. The van der Waals surface area contributed by atoms with Crippen LogP contribution in [0.15, 0.2) is 48.5 Å². The maximum absolute atomic E-state index is 10.7. The molecule has 0 aliphatic carbocycles. The molecule has 1 aliphatic rings. The van der Waals surface area contributed by atoms with Gasteiger partial charge in [-0.1, -0.05) is 0 Å². The van der Waals surface area contributed by atoms with Gasteiger partial charge in [0.2, 0.25) is 0 Å². The molecule has 1 fully saturated rings. The quantitative estimate of drug-likeness (QED) is 0.641. The molecule has 6 nitrogen and oxygen atoms in total. The number of non-ortho nitro benzene ring substituents is 1. The Morgan fingerprint density at radius 1 is 1.00 bits per heavy atom. The number of hydrogen-bond acceptors (Lipinski definition) is 5. The topological polar surface area (TPSA) is 58.8 Å². The van der Waals surface area contributed by atoms with E-state index < -0.39 is 0 Å². The molecule has 1 heterocycles. The number of benzene rings is 2. The van der Waals surface area contributed by atoms with Gasteiger partial charge in [0, 0.05) is 49.3 Å². The van der Waals surface area contributed by atoms with Gasteiger partial charge in [-0.05, 0) is 36.4 Å². The highest BCUT2D eigenvalue weighted by Crippen LogP contribution is 2.27. The first-order chi connectivity index (χ1) is 11.1. The van der Waals surface area contributed by atoms with E-state index in [4.69, 9.17) is 4.74 Å². The zero-order valence-electron chi connectivity index (χ0n) is 13.0. The maximum atomic E-state index is 10.7. The summed E-state index contributed by atoms with van der Waals surface area (Å²) in [6.07, 6.45) is 0. The van der Waals surface area contributed by atoms with Gasteiger partial charge in [0.25, 0.3) is 5.69 Å². The number of nitro benzene ring substituents is 1. The molecule has 0 spiro atoms. The van der Waals surface area contributed by atoms with Crippen LogP contribution in [-0.2, 0) is 4.74 Å². The van der Waals surface area contributed by atoms with E-state index in [0.717, 1.165) is 37.7 Å². The second kappa shape index (κ2) is 6.66. The summed E-state index contributed by atoms with van der Waals surface area (Å²) in [7, 11) is 1.95. The van der Waals surface area contributed by atoms with Crippen LogP contribution in [0.25, 0.3) is 0 Å². The predicted octanol–water partition coefficient (Wildman–Crippen LogP) is 3.20. The minimum atomic E-state index is -0.388. The molecule has 120 valence electrons. The first kappa shape index (κ1) is 15.3. The van der Waals surface area contributed by atoms with E-state index >= 15 is 0 Å². The van der Waals surface area contributed by atoms with Crippen LogP contribution >= 0.6 is 0 Å². The molecule has 0 unspecified atom stereocenters. The summed E-state index contributed by atoms with van der Waals surface area (Å²) in [6.45, 7) is 3.37. The molecule has 2 aromatic rings. The van der Waals surface area contributed by atoms with Crippen LogP contribution in [-0.4, -0.2) is 38.3 Å². The van der Waals surface area contributed by atoms with Crippen molar-refractivity contribution in [2.24, 2.45) is 0 Å². The fraction of sp³-hybridized carbons (Fsp3) is 0.294. The van der Waals surface area contributed by atoms with Gasteiger partial charge >= 0.3 is 0 Å². The second-order valence-electron chi connectivity index (χ2n) is 5.45. The Labute approximate surface area is 135 Å². The average molecular weight is 313 g/mol. The van der Waals surface area contributed by atoms with Crippen LogP contribution < -0.4 is 9.80 Å². The van der Waals surface area contributed by atoms with Crippen LogP contribution in [0.5, 0.6) is 0 Å². The van der Waals surface area contributed by atoms with Crippen LogP contribution in [0.3, 0.4) is 0 Å². The van der Waals surface area contributed by atoms with Gasteiger partial charge in [-0.25, -0.2) is 0 Å². The lowest BCUT2D eigenvalue weighted by Crippen LogP contribution is -2.36. The Hall–Kier alpha value is -2.60. The number of anilines is 3. The molecule has 0 radical (unpaired) electrons. The molecular weight excluding hydrogens is 294 g/mol. The van der Waals surface area contributed by atoms with Gasteiger partial charge < -0.3 is 14.5 Å². The van der Waals surface area contributed by atoms with Crippen LogP contribution in [0.2, 0.25) is 0 Å². The third-order valence-electron chi connectivity index (χ3n) is 4.06. The van der Waals surface area contributed by atoms with Crippen molar-refractivity contribution in [1.82, 2.24) is 0 Å². The van der Waals surface area contributed by atoms with E-state index in [2.05, 4.69) is 29.2 Å². The summed E-state index contributed by atoms with van der Waals surface area (Å²) in [5.74, 6) is 0. The third-order valence-corrected chi connectivity index (χ3v) is 4.06. The Morgan fingerprint density at radius 2 is 1.52 bits per heavy atom. The molecule has 23 heavy (non-hydrogen) atoms. The highest BCUT2D eigenvalue weighted by Gasteiger charge is 2.12. The van der Waals surface area contributed by atoms with Gasteiger partial charge in [-0.15, -0.1) is 0 Å². The van der Waals surface area contributed by atoms with Gasteiger partial charge in [-0.3, -0.25) is 10.1 Å². The van der Waals surface area contributed by atoms with Gasteiger partial charge in [0.15, 0.2) is 0 Å². The third kappa shape index (κ3) is 3.43. The average Bonchev–Trinajstić information content (AvgIpc) is 2.62. The van der Waals surface area contributed by atoms with Crippen molar-refractivity contribution in [3.8, 4) is 0 Å². The predicted molar refractivity (Wildman–Crippen MR) is 90.6 cm³/mol. The number of morpholine rings is 1. The summed E-state index contributed by atoms with van der Waals surface area (Å²) < 4.78 is 5.37. The van der Waals surface area contributed by atoms with E-state index in [0.29, 0.717) is 0 Å². The molecule has 3 rings (SSSR count). The van der Waals surface area contributed by atoms with Crippen LogP contribution in [0.4, 0.5) is 22.7 Å². The van der Waals surface area contributed by atoms with E-state index in [1.54, 1.807) is 12.1 Å². The lowest BCUT2D eigenvalue weighted by molar-refractivity contribution is -0.384. The Balaban J connectivity index is 1.74. The molecule has 2 aromatic carbocycles. The number of nitro groups is 1. The number of rotatable bonds is 4. The summed E-state index contributed by atoms with van der Waals surface area (Å²) in [6, 6.07) is 14.9. The Morgan fingerprint density at radius 3 is 2.04 bits per heavy atom. The molecule has 0 aromatic heterocycles. The standard InChI is InChI=1S/C17H19N3O3/c1-18(15-4-8-17(9-5-15)20(21)22)14-2-6-16(7-3-14)19-10-12-23-13-11-19/h2-9H,10-13H2,1H3. The molecule has 1 aliphatic heterocycles. The number of ether oxygens (including phenoxy) is 1. The first-order valence-electron chi connectivity index (χ1n) is 7.56. The van der Waals surface area contributed by atoms with Crippen LogP contribution in [0, 0.1) is 10.1 Å². The molecule has 0 amide bonds. The van der Waals surface area contributed by atoms with E-state index in [-0.39, 0.29) is 10.6 Å². The number of hydrogen-bond donors (Lipinski definition) is 0. The van der Waals surface area contributed by atoms with Crippen molar-refractivity contribution < 1.29 is 9.66 Å². The fourth-order valence-electron chi connectivity index (χ4n) is 2.66. The second-order valence-corrected chi connectivity index (χ2v) is 5.45.